The summed E-state index contributed by atoms with van der Waals surface area (Å²) in [6.45, 7) is 0.995. The summed E-state index contributed by atoms with van der Waals surface area (Å²) in [4.78, 5) is 10.8. The third-order valence-corrected chi connectivity index (χ3v) is 3.67. The number of aromatic nitrogens is 4. The summed E-state index contributed by atoms with van der Waals surface area (Å²) in [5, 5.41) is 5.24. The molecule has 1 saturated carbocycles. The zero-order chi connectivity index (χ0) is 12.7. The minimum absolute atomic E-state index is 0.396. The molecule has 0 radical (unpaired) electrons. The molecule has 0 saturated heterocycles. The largest absolute Gasteiger partial charge is 0.359 e. The van der Waals surface area contributed by atoms with Gasteiger partial charge in [-0.2, -0.15) is 5.10 Å². The maximum Gasteiger partial charge on any atom is 0.163 e. The van der Waals surface area contributed by atoms with E-state index in [0.717, 1.165) is 36.2 Å². The maximum atomic E-state index is 5.82. The van der Waals surface area contributed by atoms with Gasteiger partial charge in [-0.25, -0.2) is 9.97 Å². The molecule has 0 aromatic carbocycles. The summed E-state index contributed by atoms with van der Waals surface area (Å²) < 4.78 is 1.77. The first kappa shape index (κ1) is 11.4. The first-order valence-electron chi connectivity index (χ1n) is 6.24. The maximum absolute atomic E-state index is 5.82. The van der Waals surface area contributed by atoms with Gasteiger partial charge in [0.15, 0.2) is 5.65 Å². The van der Waals surface area contributed by atoms with Crippen molar-refractivity contribution in [2.45, 2.75) is 18.9 Å². The second-order valence-corrected chi connectivity index (χ2v) is 5.18. The second-order valence-electron chi connectivity index (χ2n) is 5.18. The predicted octanol–water partition coefficient (Wildman–Crippen LogP) is 0.537. The number of aryl methyl sites for hydroxylation is 1. The molecular weight excluding hydrogens is 228 g/mol. The van der Waals surface area contributed by atoms with Gasteiger partial charge in [0.1, 0.15) is 12.1 Å². The van der Waals surface area contributed by atoms with Gasteiger partial charge in [-0.15, -0.1) is 0 Å². The summed E-state index contributed by atoms with van der Waals surface area (Å²) in [6, 6.07) is 0.396. The molecule has 18 heavy (non-hydrogen) atoms. The monoisotopic (exact) mass is 246 g/mol. The van der Waals surface area contributed by atoms with Gasteiger partial charge in [-0.3, -0.25) is 4.68 Å². The number of nitrogens with two attached hydrogens (primary N) is 1. The molecule has 0 aliphatic heterocycles. The molecule has 6 heteroatoms. The van der Waals surface area contributed by atoms with Gasteiger partial charge < -0.3 is 10.6 Å². The Bertz CT molecular complexity index is 557. The Balaban J connectivity index is 1.84. The van der Waals surface area contributed by atoms with Crippen LogP contribution in [0, 0.1) is 5.92 Å². The van der Waals surface area contributed by atoms with Crippen molar-refractivity contribution in [2.75, 3.05) is 18.5 Å². The van der Waals surface area contributed by atoms with Gasteiger partial charge in [0.2, 0.25) is 0 Å². The molecule has 1 aliphatic rings. The Morgan fingerprint density at radius 3 is 2.94 bits per heavy atom. The second kappa shape index (κ2) is 4.20. The Morgan fingerprint density at radius 2 is 2.22 bits per heavy atom. The van der Waals surface area contributed by atoms with Crippen molar-refractivity contribution in [2.24, 2.45) is 18.7 Å². The summed E-state index contributed by atoms with van der Waals surface area (Å²) >= 11 is 0. The van der Waals surface area contributed by atoms with E-state index in [1.165, 1.54) is 0 Å². The van der Waals surface area contributed by atoms with Crippen LogP contribution in [-0.2, 0) is 7.05 Å². The molecule has 2 N–H and O–H groups in total. The lowest BCUT2D eigenvalue weighted by molar-refractivity contribution is 0.271. The Labute approximate surface area is 106 Å². The van der Waals surface area contributed by atoms with Crippen LogP contribution in [0.1, 0.15) is 12.8 Å². The fourth-order valence-corrected chi connectivity index (χ4v) is 2.66. The van der Waals surface area contributed by atoms with E-state index >= 15 is 0 Å². The van der Waals surface area contributed by atoms with Crippen LogP contribution < -0.4 is 10.6 Å². The number of hydrogen-bond donors (Lipinski definition) is 1. The molecule has 1 aliphatic carbocycles. The quantitative estimate of drug-likeness (QED) is 0.855. The van der Waals surface area contributed by atoms with Crippen LogP contribution >= 0.6 is 0 Å². The summed E-state index contributed by atoms with van der Waals surface area (Å²) in [5.41, 5.74) is 6.69. The zero-order valence-corrected chi connectivity index (χ0v) is 10.7. The smallest absolute Gasteiger partial charge is 0.163 e. The lowest BCUT2D eigenvalue weighted by Crippen LogP contribution is -2.42. The third-order valence-electron chi connectivity index (χ3n) is 3.67. The first-order valence-corrected chi connectivity index (χ1v) is 6.24. The molecular formula is C12H18N6. The van der Waals surface area contributed by atoms with Crippen LogP contribution in [0.2, 0.25) is 0 Å². The standard InChI is InChI=1S/C12H18N6/c1-17(6-8-3-9(13)4-8)11-10-5-16-18(2)12(10)15-7-14-11/h5,7-9H,3-4,6,13H2,1-2H3. The van der Waals surface area contributed by atoms with E-state index in [-0.39, 0.29) is 0 Å². The molecule has 2 aromatic rings. The van der Waals surface area contributed by atoms with Crippen LogP contribution in [0.4, 0.5) is 5.82 Å². The molecule has 0 atom stereocenters. The molecule has 1 fully saturated rings. The van der Waals surface area contributed by atoms with Crippen LogP contribution in [0.25, 0.3) is 11.0 Å². The van der Waals surface area contributed by atoms with Crippen LogP contribution in [0.5, 0.6) is 0 Å². The van der Waals surface area contributed by atoms with Gasteiger partial charge in [0, 0.05) is 26.7 Å². The third kappa shape index (κ3) is 1.82. The number of rotatable bonds is 3. The predicted molar refractivity (Wildman–Crippen MR) is 70.3 cm³/mol. The van der Waals surface area contributed by atoms with Crippen molar-refractivity contribution in [3.8, 4) is 0 Å². The molecule has 96 valence electrons. The van der Waals surface area contributed by atoms with E-state index in [4.69, 9.17) is 5.73 Å². The van der Waals surface area contributed by atoms with Crippen molar-refractivity contribution in [1.82, 2.24) is 19.7 Å². The Kier molecular flexibility index (Phi) is 2.66. The van der Waals surface area contributed by atoms with E-state index in [2.05, 4.69) is 27.0 Å². The molecule has 6 nitrogen and oxygen atoms in total. The highest BCUT2D eigenvalue weighted by molar-refractivity contribution is 5.86. The first-order chi connectivity index (χ1) is 8.65. The fourth-order valence-electron chi connectivity index (χ4n) is 2.66. The van der Waals surface area contributed by atoms with Gasteiger partial charge in [-0.05, 0) is 18.8 Å². The average molecular weight is 246 g/mol. The van der Waals surface area contributed by atoms with Crippen molar-refractivity contribution >= 4 is 16.9 Å². The van der Waals surface area contributed by atoms with Gasteiger partial charge >= 0.3 is 0 Å². The van der Waals surface area contributed by atoms with Crippen molar-refractivity contribution in [3.05, 3.63) is 12.5 Å². The number of anilines is 1. The van der Waals surface area contributed by atoms with Crippen LogP contribution in [0.3, 0.4) is 0 Å². The number of nitrogens with zero attached hydrogens (tertiary/aromatic N) is 5. The lowest BCUT2D eigenvalue weighted by atomic mass is 9.80. The summed E-state index contributed by atoms with van der Waals surface area (Å²) in [6.07, 6.45) is 5.66. The van der Waals surface area contributed by atoms with E-state index in [1.807, 2.05) is 13.2 Å². The van der Waals surface area contributed by atoms with E-state index in [0.29, 0.717) is 12.0 Å². The van der Waals surface area contributed by atoms with Crippen LogP contribution in [-0.4, -0.2) is 39.4 Å². The fraction of sp³-hybridized carbons (Fsp3) is 0.583. The summed E-state index contributed by atoms with van der Waals surface area (Å²) in [7, 11) is 3.96. The Hall–Kier alpha value is -1.69. The topological polar surface area (TPSA) is 72.9 Å². The lowest BCUT2D eigenvalue weighted by Gasteiger charge is -2.35. The Morgan fingerprint density at radius 1 is 1.44 bits per heavy atom. The SMILES string of the molecule is CN(CC1CC(N)C1)c1ncnc2c1cnn2C. The van der Waals surface area contributed by atoms with Crippen molar-refractivity contribution in [1.29, 1.82) is 0 Å². The highest BCUT2D eigenvalue weighted by atomic mass is 15.3. The zero-order valence-electron chi connectivity index (χ0n) is 10.7. The van der Waals surface area contributed by atoms with E-state index in [9.17, 15) is 0 Å². The van der Waals surface area contributed by atoms with E-state index < -0.39 is 0 Å². The minimum Gasteiger partial charge on any atom is -0.359 e. The molecule has 0 unspecified atom stereocenters. The van der Waals surface area contributed by atoms with Crippen LogP contribution in [0.15, 0.2) is 12.5 Å². The van der Waals surface area contributed by atoms with E-state index in [1.54, 1.807) is 11.0 Å². The van der Waals surface area contributed by atoms with Gasteiger partial charge in [0.25, 0.3) is 0 Å². The number of hydrogen-bond acceptors (Lipinski definition) is 5. The highest BCUT2D eigenvalue weighted by Gasteiger charge is 2.27. The molecule has 3 rings (SSSR count). The highest BCUT2D eigenvalue weighted by Crippen LogP contribution is 2.29. The van der Waals surface area contributed by atoms with Gasteiger partial charge in [0.05, 0.1) is 11.6 Å². The average Bonchev–Trinajstić information content (AvgIpc) is 2.69. The molecule has 2 heterocycles. The molecule has 0 bridgehead atoms. The summed E-state index contributed by atoms with van der Waals surface area (Å²) in [5.74, 6) is 1.64. The van der Waals surface area contributed by atoms with Crippen molar-refractivity contribution < 1.29 is 0 Å². The van der Waals surface area contributed by atoms with Crippen molar-refractivity contribution in [3.63, 3.8) is 0 Å². The molecule has 0 spiro atoms. The molecule has 0 amide bonds. The minimum atomic E-state index is 0.396. The molecule has 2 aromatic heterocycles. The number of fused-ring (bicyclic) bond motifs is 1. The normalized spacial score (nSPS) is 23.1. The van der Waals surface area contributed by atoms with Gasteiger partial charge in [-0.1, -0.05) is 0 Å².